The van der Waals surface area contributed by atoms with Crippen molar-refractivity contribution in [2.24, 2.45) is 0 Å². The van der Waals surface area contributed by atoms with E-state index in [4.69, 9.17) is 4.74 Å². The molecule has 7 heteroatoms. The van der Waals surface area contributed by atoms with Gasteiger partial charge in [-0.05, 0) is 50.2 Å². The highest BCUT2D eigenvalue weighted by Gasteiger charge is 2.10. The number of halogens is 1. The van der Waals surface area contributed by atoms with Gasteiger partial charge in [0.15, 0.2) is 18.2 Å². The van der Waals surface area contributed by atoms with Crippen LogP contribution in [0.4, 0.5) is 10.1 Å². The summed E-state index contributed by atoms with van der Waals surface area (Å²) in [6.07, 6.45) is 0. The monoisotopic (exact) mass is 359 g/mol. The van der Waals surface area contributed by atoms with E-state index in [0.29, 0.717) is 5.56 Å². The van der Waals surface area contributed by atoms with Crippen LogP contribution < -0.4 is 20.5 Å². The topological polar surface area (TPSA) is 70.7 Å². The van der Waals surface area contributed by atoms with Crippen molar-refractivity contribution in [3.8, 4) is 5.75 Å². The Balaban J connectivity index is 1.82. The molecule has 2 rings (SSSR count). The van der Waals surface area contributed by atoms with E-state index in [9.17, 15) is 14.0 Å². The largest absolute Gasteiger partial charge is 0.481 e. The van der Waals surface area contributed by atoms with E-state index in [2.05, 4.69) is 29.6 Å². The fraction of sp³-hybridized carbons (Fsp3) is 0.263. The maximum absolute atomic E-state index is 13.4. The molecule has 2 amide bonds. The summed E-state index contributed by atoms with van der Waals surface area (Å²) >= 11 is 0. The third kappa shape index (κ3) is 5.20. The summed E-state index contributed by atoms with van der Waals surface area (Å²) in [7, 11) is 0. The van der Waals surface area contributed by atoms with Gasteiger partial charge >= 0.3 is 0 Å². The highest BCUT2D eigenvalue weighted by molar-refractivity contribution is 5.95. The summed E-state index contributed by atoms with van der Waals surface area (Å²) in [6, 6.07) is 12.8. The zero-order valence-corrected chi connectivity index (χ0v) is 14.8. The average molecular weight is 359 g/mol. The van der Waals surface area contributed by atoms with Crippen LogP contribution in [0.15, 0.2) is 48.5 Å². The van der Waals surface area contributed by atoms with E-state index in [1.54, 1.807) is 18.2 Å². The maximum atomic E-state index is 13.4. The number of amides is 2. The van der Waals surface area contributed by atoms with Crippen LogP contribution in [0.2, 0.25) is 0 Å². The summed E-state index contributed by atoms with van der Waals surface area (Å²) < 4.78 is 18.4. The Bertz CT molecular complexity index is 746. The van der Waals surface area contributed by atoms with Crippen LogP contribution in [-0.2, 0) is 4.79 Å². The van der Waals surface area contributed by atoms with Gasteiger partial charge in [0.2, 0.25) is 0 Å². The highest BCUT2D eigenvalue weighted by atomic mass is 19.1. The molecule has 0 saturated carbocycles. The second kappa shape index (κ2) is 9.41. The number of carbonyl (C=O) groups excluding carboxylic acids is 2. The van der Waals surface area contributed by atoms with Gasteiger partial charge in [0.05, 0.1) is 0 Å². The van der Waals surface area contributed by atoms with Gasteiger partial charge in [-0.25, -0.2) is 4.39 Å². The minimum atomic E-state index is -0.596. The summed E-state index contributed by atoms with van der Waals surface area (Å²) in [4.78, 5) is 25.9. The second-order valence-corrected chi connectivity index (χ2v) is 5.44. The summed E-state index contributed by atoms with van der Waals surface area (Å²) in [5, 5.41) is 0. The van der Waals surface area contributed by atoms with Gasteiger partial charge in [0, 0.05) is 24.3 Å². The molecule has 0 spiro atoms. The van der Waals surface area contributed by atoms with Crippen molar-refractivity contribution in [3.05, 3.63) is 59.9 Å². The third-order valence-electron chi connectivity index (χ3n) is 3.77. The molecule has 0 aliphatic heterocycles. The molecule has 0 radical (unpaired) electrons. The normalized spacial score (nSPS) is 10.1. The number of nitrogens with one attached hydrogen (secondary N) is 2. The second-order valence-electron chi connectivity index (χ2n) is 5.44. The van der Waals surface area contributed by atoms with Gasteiger partial charge in [0.25, 0.3) is 11.8 Å². The Morgan fingerprint density at radius 2 is 1.65 bits per heavy atom. The molecule has 0 saturated heterocycles. The first-order valence-corrected chi connectivity index (χ1v) is 8.36. The van der Waals surface area contributed by atoms with Crippen molar-refractivity contribution < 1.29 is 18.7 Å². The number of benzene rings is 2. The Kier molecular flexibility index (Phi) is 6.96. The summed E-state index contributed by atoms with van der Waals surface area (Å²) in [6.45, 7) is 5.45. The minimum absolute atomic E-state index is 0.0269. The fourth-order valence-corrected chi connectivity index (χ4v) is 2.35. The number of carbonyl (C=O) groups is 2. The zero-order valence-electron chi connectivity index (χ0n) is 14.8. The molecule has 26 heavy (non-hydrogen) atoms. The first-order chi connectivity index (χ1) is 12.5. The first-order valence-electron chi connectivity index (χ1n) is 8.36. The van der Waals surface area contributed by atoms with Crippen LogP contribution in [0.25, 0.3) is 0 Å². The molecule has 0 atom stereocenters. The van der Waals surface area contributed by atoms with Gasteiger partial charge in [-0.1, -0.05) is 12.1 Å². The molecule has 2 aromatic carbocycles. The Morgan fingerprint density at radius 1 is 1.00 bits per heavy atom. The number of hydrogen-bond acceptors (Lipinski definition) is 4. The van der Waals surface area contributed by atoms with Crippen LogP contribution >= 0.6 is 0 Å². The number of anilines is 1. The molecule has 0 heterocycles. The molecule has 0 aliphatic rings. The predicted molar refractivity (Wildman–Crippen MR) is 97.5 cm³/mol. The molecule has 2 aromatic rings. The Labute approximate surface area is 151 Å². The number of rotatable bonds is 7. The minimum Gasteiger partial charge on any atom is -0.481 e. The molecule has 0 aromatic heterocycles. The lowest BCUT2D eigenvalue weighted by atomic mass is 10.2. The van der Waals surface area contributed by atoms with Crippen LogP contribution in [0.1, 0.15) is 24.2 Å². The standard InChI is InChI=1S/C19H22FN3O3/c1-3-23(4-2)15-11-9-14(10-12-15)19(25)22-21-18(24)13-26-17-8-6-5-7-16(17)20/h5-12H,3-4,13H2,1-2H3,(H,21,24)(H,22,25). The van der Waals surface area contributed by atoms with Gasteiger partial charge in [-0.15, -0.1) is 0 Å². The van der Waals surface area contributed by atoms with E-state index in [1.165, 1.54) is 18.2 Å². The average Bonchev–Trinajstić information content (AvgIpc) is 2.67. The smallest absolute Gasteiger partial charge is 0.276 e. The van der Waals surface area contributed by atoms with Crippen LogP contribution in [0.5, 0.6) is 5.75 Å². The predicted octanol–water partition coefficient (Wildman–Crippen LogP) is 2.51. The number of hydrazine groups is 1. The lowest BCUT2D eigenvalue weighted by Gasteiger charge is -2.21. The van der Waals surface area contributed by atoms with Crippen LogP contribution in [0, 0.1) is 5.82 Å². The van der Waals surface area contributed by atoms with Crippen LogP contribution in [-0.4, -0.2) is 31.5 Å². The molecule has 0 aliphatic carbocycles. The number of ether oxygens (including phenoxy) is 1. The van der Waals surface area contributed by atoms with E-state index < -0.39 is 24.2 Å². The lowest BCUT2D eigenvalue weighted by molar-refractivity contribution is -0.123. The van der Waals surface area contributed by atoms with Crippen molar-refractivity contribution in [1.82, 2.24) is 10.9 Å². The van der Waals surface area contributed by atoms with Gasteiger partial charge in [0.1, 0.15) is 0 Å². The van der Waals surface area contributed by atoms with Crippen molar-refractivity contribution in [3.63, 3.8) is 0 Å². The molecule has 0 unspecified atom stereocenters. The Morgan fingerprint density at radius 3 is 2.27 bits per heavy atom. The number of nitrogens with zero attached hydrogens (tertiary/aromatic N) is 1. The van der Waals surface area contributed by atoms with Crippen molar-refractivity contribution in [2.45, 2.75) is 13.8 Å². The molecule has 2 N–H and O–H groups in total. The SMILES string of the molecule is CCN(CC)c1ccc(C(=O)NNC(=O)COc2ccccc2F)cc1. The van der Waals surface area contributed by atoms with Crippen molar-refractivity contribution in [2.75, 3.05) is 24.6 Å². The molecular weight excluding hydrogens is 337 g/mol. The van der Waals surface area contributed by atoms with Crippen LogP contribution in [0.3, 0.4) is 0 Å². The van der Waals surface area contributed by atoms with Gasteiger partial charge in [-0.2, -0.15) is 0 Å². The highest BCUT2D eigenvalue weighted by Crippen LogP contribution is 2.15. The number of hydrogen-bond donors (Lipinski definition) is 2. The first kappa shape index (κ1) is 19.2. The maximum Gasteiger partial charge on any atom is 0.276 e. The quantitative estimate of drug-likeness (QED) is 0.746. The van der Waals surface area contributed by atoms with E-state index in [0.717, 1.165) is 18.8 Å². The summed E-state index contributed by atoms with van der Waals surface area (Å²) in [5.41, 5.74) is 5.97. The third-order valence-corrected chi connectivity index (χ3v) is 3.77. The molecule has 6 nitrogen and oxygen atoms in total. The molecular formula is C19H22FN3O3. The van der Waals surface area contributed by atoms with E-state index in [-0.39, 0.29) is 5.75 Å². The van der Waals surface area contributed by atoms with Gasteiger partial charge in [-0.3, -0.25) is 20.4 Å². The van der Waals surface area contributed by atoms with Crippen molar-refractivity contribution in [1.29, 1.82) is 0 Å². The molecule has 138 valence electrons. The zero-order chi connectivity index (χ0) is 18.9. The van der Waals surface area contributed by atoms with Gasteiger partial charge < -0.3 is 9.64 Å². The molecule has 0 fully saturated rings. The molecule has 0 bridgehead atoms. The summed E-state index contributed by atoms with van der Waals surface area (Å²) in [5.74, 6) is -1.63. The lowest BCUT2D eigenvalue weighted by Crippen LogP contribution is -2.43. The number of para-hydroxylation sites is 1. The Hall–Kier alpha value is -3.09. The fourth-order valence-electron chi connectivity index (χ4n) is 2.35. The van der Waals surface area contributed by atoms with Crippen molar-refractivity contribution >= 4 is 17.5 Å². The van der Waals surface area contributed by atoms with E-state index in [1.807, 2.05) is 12.1 Å². The van der Waals surface area contributed by atoms with E-state index >= 15 is 0 Å².